The maximum Gasteiger partial charge on any atom is 0.134 e. The highest BCUT2D eigenvalue weighted by Gasteiger charge is 2.07. The topological polar surface area (TPSA) is 54.6 Å². The molecule has 0 radical (unpaired) electrons. The lowest BCUT2D eigenvalue weighted by atomic mass is 10.2. The molecule has 0 aliphatic carbocycles. The summed E-state index contributed by atoms with van der Waals surface area (Å²) in [6, 6.07) is 7.85. The van der Waals surface area contributed by atoms with E-state index in [1.165, 1.54) is 0 Å². The lowest BCUT2D eigenvalue weighted by Crippen LogP contribution is -2.30. The SMILES string of the molecule is CCC(CO)NCc1cc2cc(OC)ccc2o1. The molecule has 0 spiro atoms. The first kappa shape index (κ1) is 12.9. The first-order valence-corrected chi connectivity index (χ1v) is 6.17. The van der Waals surface area contributed by atoms with Crippen molar-refractivity contribution in [2.75, 3.05) is 13.7 Å². The third kappa shape index (κ3) is 2.83. The van der Waals surface area contributed by atoms with Gasteiger partial charge in [0.15, 0.2) is 0 Å². The highest BCUT2D eigenvalue weighted by Crippen LogP contribution is 2.24. The fourth-order valence-corrected chi connectivity index (χ4v) is 1.87. The van der Waals surface area contributed by atoms with E-state index in [9.17, 15) is 0 Å². The molecule has 0 aliphatic rings. The van der Waals surface area contributed by atoms with Crippen molar-refractivity contribution in [2.45, 2.75) is 25.9 Å². The third-order valence-corrected chi connectivity index (χ3v) is 3.05. The molecule has 0 saturated carbocycles. The van der Waals surface area contributed by atoms with E-state index in [1.807, 2.05) is 31.2 Å². The van der Waals surface area contributed by atoms with E-state index < -0.39 is 0 Å². The minimum absolute atomic E-state index is 0.118. The smallest absolute Gasteiger partial charge is 0.134 e. The van der Waals surface area contributed by atoms with Crippen LogP contribution in [0.5, 0.6) is 5.75 Å². The average molecular weight is 249 g/mol. The van der Waals surface area contributed by atoms with Gasteiger partial charge in [-0.2, -0.15) is 0 Å². The molecule has 18 heavy (non-hydrogen) atoms. The van der Waals surface area contributed by atoms with Gasteiger partial charge in [0.1, 0.15) is 17.1 Å². The van der Waals surface area contributed by atoms with Crippen LogP contribution in [0, 0.1) is 0 Å². The number of furan rings is 1. The molecule has 1 heterocycles. The van der Waals surface area contributed by atoms with Crippen molar-refractivity contribution in [3.05, 3.63) is 30.0 Å². The molecule has 2 N–H and O–H groups in total. The van der Waals surface area contributed by atoms with Gasteiger partial charge in [-0.05, 0) is 30.7 Å². The van der Waals surface area contributed by atoms with Crippen LogP contribution in [0.3, 0.4) is 0 Å². The minimum atomic E-state index is 0.118. The summed E-state index contributed by atoms with van der Waals surface area (Å²) in [6.45, 7) is 2.80. The summed E-state index contributed by atoms with van der Waals surface area (Å²) in [6.07, 6.45) is 0.893. The van der Waals surface area contributed by atoms with Crippen LogP contribution >= 0.6 is 0 Å². The Morgan fingerprint density at radius 3 is 2.89 bits per heavy atom. The van der Waals surface area contributed by atoms with Crippen molar-refractivity contribution in [3.63, 3.8) is 0 Å². The van der Waals surface area contributed by atoms with Gasteiger partial charge in [0.25, 0.3) is 0 Å². The first-order chi connectivity index (χ1) is 8.76. The maximum absolute atomic E-state index is 9.10. The number of methoxy groups -OCH3 is 1. The fraction of sp³-hybridized carbons (Fsp3) is 0.429. The van der Waals surface area contributed by atoms with Crippen LogP contribution in [-0.4, -0.2) is 24.9 Å². The van der Waals surface area contributed by atoms with Gasteiger partial charge in [-0.15, -0.1) is 0 Å². The lowest BCUT2D eigenvalue weighted by molar-refractivity contribution is 0.236. The van der Waals surface area contributed by atoms with Crippen LogP contribution in [-0.2, 0) is 6.54 Å². The third-order valence-electron chi connectivity index (χ3n) is 3.05. The number of hydrogen-bond donors (Lipinski definition) is 2. The molecule has 1 aromatic heterocycles. The number of benzene rings is 1. The molecule has 2 aromatic rings. The summed E-state index contributed by atoms with van der Waals surface area (Å²) < 4.78 is 10.9. The maximum atomic E-state index is 9.10. The van der Waals surface area contributed by atoms with Gasteiger partial charge in [0.05, 0.1) is 20.3 Å². The molecule has 0 saturated heterocycles. The Kier molecular flexibility index (Phi) is 4.23. The number of aliphatic hydroxyl groups is 1. The predicted octanol–water partition coefficient (Wildman–Crippen LogP) is 2.30. The summed E-state index contributed by atoms with van der Waals surface area (Å²) in [5.41, 5.74) is 0.852. The molecule has 0 amide bonds. The highest BCUT2D eigenvalue weighted by molar-refractivity contribution is 5.79. The molecule has 0 bridgehead atoms. The van der Waals surface area contributed by atoms with Gasteiger partial charge in [-0.3, -0.25) is 0 Å². The number of ether oxygens (including phenoxy) is 1. The molecule has 0 aliphatic heterocycles. The molecule has 1 atom stereocenters. The van der Waals surface area contributed by atoms with Gasteiger partial charge in [-0.25, -0.2) is 0 Å². The zero-order valence-corrected chi connectivity index (χ0v) is 10.8. The number of hydrogen-bond acceptors (Lipinski definition) is 4. The summed E-state index contributed by atoms with van der Waals surface area (Å²) >= 11 is 0. The quantitative estimate of drug-likeness (QED) is 0.824. The molecule has 1 unspecified atom stereocenters. The Labute approximate surface area is 107 Å². The second-order valence-corrected chi connectivity index (χ2v) is 4.29. The van der Waals surface area contributed by atoms with Crippen LogP contribution in [0.1, 0.15) is 19.1 Å². The fourth-order valence-electron chi connectivity index (χ4n) is 1.87. The summed E-state index contributed by atoms with van der Waals surface area (Å²) in [4.78, 5) is 0. The van der Waals surface area contributed by atoms with Crippen molar-refractivity contribution in [1.82, 2.24) is 5.32 Å². The summed E-state index contributed by atoms with van der Waals surface area (Å²) in [5, 5.41) is 13.4. The van der Waals surface area contributed by atoms with E-state index in [4.69, 9.17) is 14.3 Å². The Hall–Kier alpha value is -1.52. The van der Waals surface area contributed by atoms with Crippen molar-refractivity contribution in [1.29, 1.82) is 0 Å². The Morgan fingerprint density at radius 2 is 2.22 bits per heavy atom. The number of fused-ring (bicyclic) bond motifs is 1. The Balaban J connectivity index is 2.10. The van der Waals surface area contributed by atoms with Crippen LogP contribution < -0.4 is 10.1 Å². The normalized spacial score (nSPS) is 12.8. The van der Waals surface area contributed by atoms with Crippen LogP contribution in [0.4, 0.5) is 0 Å². The van der Waals surface area contributed by atoms with Gasteiger partial charge < -0.3 is 19.6 Å². The standard InChI is InChI=1S/C14H19NO3/c1-3-11(9-16)15-8-13-7-10-6-12(17-2)4-5-14(10)18-13/h4-7,11,15-16H,3,8-9H2,1-2H3. The predicted molar refractivity (Wildman–Crippen MR) is 70.8 cm³/mol. The zero-order chi connectivity index (χ0) is 13.0. The Morgan fingerprint density at radius 1 is 1.39 bits per heavy atom. The molecular formula is C14H19NO3. The van der Waals surface area contributed by atoms with Crippen molar-refractivity contribution in [3.8, 4) is 5.75 Å². The van der Waals surface area contributed by atoms with Crippen LogP contribution in [0.2, 0.25) is 0 Å². The van der Waals surface area contributed by atoms with E-state index in [2.05, 4.69) is 5.32 Å². The molecular weight excluding hydrogens is 230 g/mol. The van der Waals surface area contributed by atoms with Crippen LogP contribution in [0.25, 0.3) is 11.0 Å². The van der Waals surface area contributed by atoms with E-state index in [-0.39, 0.29) is 12.6 Å². The van der Waals surface area contributed by atoms with E-state index in [0.29, 0.717) is 6.54 Å². The van der Waals surface area contributed by atoms with Crippen LogP contribution in [0.15, 0.2) is 28.7 Å². The van der Waals surface area contributed by atoms with Crippen molar-refractivity contribution < 1.29 is 14.3 Å². The van der Waals surface area contributed by atoms with Gasteiger partial charge in [-0.1, -0.05) is 6.92 Å². The molecule has 0 fully saturated rings. The second-order valence-electron chi connectivity index (χ2n) is 4.29. The number of rotatable bonds is 6. The number of nitrogens with one attached hydrogen (secondary N) is 1. The molecule has 98 valence electrons. The molecule has 4 heteroatoms. The second kappa shape index (κ2) is 5.89. The zero-order valence-electron chi connectivity index (χ0n) is 10.8. The van der Waals surface area contributed by atoms with Gasteiger partial charge in [0.2, 0.25) is 0 Å². The van der Waals surface area contributed by atoms with Gasteiger partial charge in [0, 0.05) is 11.4 Å². The van der Waals surface area contributed by atoms with E-state index >= 15 is 0 Å². The monoisotopic (exact) mass is 249 g/mol. The lowest BCUT2D eigenvalue weighted by Gasteiger charge is -2.11. The number of aliphatic hydroxyl groups excluding tert-OH is 1. The Bertz CT molecular complexity index is 503. The molecule has 1 aromatic carbocycles. The highest BCUT2D eigenvalue weighted by atomic mass is 16.5. The van der Waals surface area contributed by atoms with E-state index in [0.717, 1.165) is 28.9 Å². The first-order valence-electron chi connectivity index (χ1n) is 6.17. The molecule has 2 rings (SSSR count). The summed E-state index contributed by atoms with van der Waals surface area (Å²) in [5.74, 6) is 1.69. The molecule has 4 nitrogen and oxygen atoms in total. The minimum Gasteiger partial charge on any atom is -0.497 e. The van der Waals surface area contributed by atoms with E-state index in [1.54, 1.807) is 7.11 Å². The van der Waals surface area contributed by atoms with Gasteiger partial charge >= 0.3 is 0 Å². The average Bonchev–Trinajstić information content (AvgIpc) is 2.81. The largest absolute Gasteiger partial charge is 0.497 e. The summed E-state index contributed by atoms with van der Waals surface area (Å²) in [7, 11) is 1.65. The van der Waals surface area contributed by atoms with Crippen molar-refractivity contribution in [2.24, 2.45) is 0 Å². The van der Waals surface area contributed by atoms with Crippen molar-refractivity contribution >= 4 is 11.0 Å².